The molecular weight excluding hydrogens is 335 g/mol. The van der Waals surface area contributed by atoms with Gasteiger partial charge in [-0.15, -0.1) is 0 Å². The molecule has 0 atom stereocenters. The Morgan fingerprint density at radius 3 is 2.76 bits per heavy atom. The summed E-state index contributed by atoms with van der Waals surface area (Å²) in [5.74, 6) is -1.08. The standard InChI is InChI=1S/C16H10BrFN2O/c17-11-6-7-12(13(18)9-11)16(21)20-14-5-1-3-10-4-2-8-19-15(10)14/h1-9H,(H,20,21). The third kappa shape index (κ3) is 2.78. The Morgan fingerprint density at radius 2 is 1.95 bits per heavy atom. The molecule has 0 unspecified atom stereocenters. The number of hydrogen-bond donors (Lipinski definition) is 1. The summed E-state index contributed by atoms with van der Waals surface area (Å²) in [6, 6.07) is 13.5. The molecule has 0 radical (unpaired) electrons. The quantitative estimate of drug-likeness (QED) is 0.749. The topological polar surface area (TPSA) is 42.0 Å². The van der Waals surface area contributed by atoms with E-state index in [1.807, 2.05) is 24.3 Å². The highest BCUT2D eigenvalue weighted by Crippen LogP contribution is 2.22. The highest BCUT2D eigenvalue weighted by atomic mass is 79.9. The van der Waals surface area contributed by atoms with Crippen molar-refractivity contribution in [2.45, 2.75) is 0 Å². The van der Waals surface area contributed by atoms with Crippen LogP contribution >= 0.6 is 15.9 Å². The minimum atomic E-state index is -0.574. The predicted octanol–water partition coefficient (Wildman–Crippen LogP) is 4.39. The number of benzene rings is 2. The first-order chi connectivity index (χ1) is 10.1. The van der Waals surface area contributed by atoms with Crippen LogP contribution in [-0.4, -0.2) is 10.9 Å². The maximum Gasteiger partial charge on any atom is 0.258 e. The molecule has 0 saturated carbocycles. The Hall–Kier alpha value is -2.27. The zero-order valence-electron chi connectivity index (χ0n) is 10.8. The number of hydrogen-bond acceptors (Lipinski definition) is 2. The number of carbonyl (C=O) groups excluding carboxylic acids is 1. The minimum Gasteiger partial charge on any atom is -0.320 e. The number of aromatic nitrogens is 1. The van der Waals surface area contributed by atoms with Crippen molar-refractivity contribution >= 4 is 38.4 Å². The number of nitrogens with zero attached hydrogens (tertiary/aromatic N) is 1. The van der Waals surface area contributed by atoms with E-state index in [0.29, 0.717) is 15.7 Å². The minimum absolute atomic E-state index is 0.00821. The van der Waals surface area contributed by atoms with E-state index in [-0.39, 0.29) is 5.56 Å². The van der Waals surface area contributed by atoms with E-state index >= 15 is 0 Å². The van der Waals surface area contributed by atoms with Crippen molar-refractivity contribution in [2.24, 2.45) is 0 Å². The van der Waals surface area contributed by atoms with Gasteiger partial charge in [0.05, 0.1) is 16.8 Å². The second-order valence-electron chi connectivity index (χ2n) is 4.46. The van der Waals surface area contributed by atoms with Crippen LogP contribution in [0, 0.1) is 5.82 Å². The summed E-state index contributed by atoms with van der Waals surface area (Å²) >= 11 is 3.16. The first-order valence-corrected chi connectivity index (χ1v) is 7.04. The monoisotopic (exact) mass is 344 g/mol. The van der Waals surface area contributed by atoms with Gasteiger partial charge in [-0.3, -0.25) is 9.78 Å². The second kappa shape index (κ2) is 5.61. The van der Waals surface area contributed by atoms with Gasteiger partial charge in [-0.05, 0) is 30.3 Å². The van der Waals surface area contributed by atoms with Gasteiger partial charge in [0, 0.05) is 16.1 Å². The smallest absolute Gasteiger partial charge is 0.258 e. The Bertz CT molecular complexity index is 830. The normalized spacial score (nSPS) is 10.6. The zero-order valence-corrected chi connectivity index (χ0v) is 12.4. The lowest BCUT2D eigenvalue weighted by Crippen LogP contribution is -2.14. The molecular formula is C16H10BrFN2O. The first-order valence-electron chi connectivity index (χ1n) is 6.25. The number of nitrogens with one attached hydrogen (secondary N) is 1. The van der Waals surface area contributed by atoms with Crippen LogP contribution in [0.2, 0.25) is 0 Å². The first kappa shape index (κ1) is 13.7. The number of halogens is 2. The Kier molecular flexibility index (Phi) is 3.66. The summed E-state index contributed by atoms with van der Waals surface area (Å²) < 4.78 is 14.4. The van der Waals surface area contributed by atoms with Crippen LogP contribution < -0.4 is 5.32 Å². The molecule has 104 valence electrons. The molecule has 3 nitrogen and oxygen atoms in total. The molecule has 2 aromatic carbocycles. The van der Waals surface area contributed by atoms with Crippen LogP contribution in [0.15, 0.2) is 59.2 Å². The maximum absolute atomic E-state index is 13.8. The number of carbonyl (C=O) groups is 1. The molecule has 3 aromatic rings. The number of pyridine rings is 1. The third-order valence-electron chi connectivity index (χ3n) is 3.06. The fourth-order valence-electron chi connectivity index (χ4n) is 2.07. The number of anilines is 1. The molecule has 0 aliphatic carbocycles. The van der Waals surface area contributed by atoms with Gasteiger partial charge in [-0.25, -0.2) is 4.39 Å². The molecule has 1 aromatic heterocycles. The summed E-state index contributed by atoms with van der Waals surface area (Å²) in [4.78, 5) is 16.4. The van der Waals surface area contributed by atoms with Gasteiger partial charge in [0.1, 0.15) is 5.82 Å². The Labute approximate surface area is 128 Å². The van der Waals surface area contributed by atoms with E-state index in [9.17, 15) is 9.18 Å². The van der Waals surface area contributed by atoms with E-state index in [4.69, 9.17) is 0 Å². The average Bonchev–Trinajstić information content (AvgIpc) is 2.47. The van der Waals surface area contributed by atoms with Crippen molar-refractivity contribution in [1.82, 2.24) is 4.98 Å². The van der Waals surface area contributed by atoms with Gasteiger partial charge in [0.15, 0.2) is 0 Å². The molecule has 21 heavy (non-hydrogen) atoms. The molecule has 0 bridgehead atoms. The molecule has 0 aliphatic heterocycles. The lowest BCUT2D eigenvalue weighted by Gasteiger charge is -2.08. The Morgan fingerprint density at radius 1 is 1.14 bits per heavy atom. The van der Waals surface area contributed by atoms with Crippen molar-refractivity contribution in [2.75, 3.05) is 5.32 Å². The summed E-state index contributed by atoms with van der Waals surface area (Å²) in [6.07, 6.45) is 1.65. The van der Waals surface area contributed by atoms with Crippen molar-refractivity contribution in [3.63, 3.8) is 0 Å². The highest BCUT2D eigenvalue weighted by Gasteiger charge is 2.13. The van der Waals surface area contributed by atoms with E-state index in [2.05, 4.69) is 26.2 Å². The average molecular weight is 345 g/mol. The lowest BCUT2D eigenvalue weighted by atomic mass is 10.1. The van der Waals surface area contributed by atoms with Gasteiger partial charge < -0.3 is 5.32 Å². The van der Waals surface area contributed by atoms with E-state index < -0.39 is 11.7 Å². The predicted molar refractivity (Wildman–Crippen MR) is 83.8 cm³/mol. The van der Waals surface area contributed by atoms with E-state index in [1.54, 1.807) is 18.3 Å². The SMILES string of the molecule is O=C(Nc1cccc2cccnc12)c1ccc(Br)cc1F. The summed E-state index contributed by atoms with van der Waals surface area (Å²) in [7, 11) is 0. The van der Waals surface area contributed by atoms with Crippen molar-refractivity contribution < 1.29 is 9.18 Å². The van der Waals surface area contributed by atoms with Crippen LogP contribution in [0.4, 0.5) is 10.1 Å². The third-order valence-corrected chi connectivity index (χ3v) is 3.55. The molecule has 0 spiro atoms. The van der Waals surface area contributed by atoms with Gasteiger partial charge in [-0.2, -0.15) is 0 Å². The van der Waals surface area contributed by atoms with Gasteiger partial charge in [0.25, 0.3) is 5.91 Å². The van der Waals surface area contributed by atoms with E-state index in [1.165, 1.54) is 12.1 Å². The molecule has 1 amide bonds. The van der Waals surface area contributed by atoms with Crippen LogP contribution in [-0.2, 0) is 0 Å². The summed E-state index contributed by atoms with van der Waals surface area (Å²) in [5, 5.41) is 3.61. The molecule has 3 rings (SSSR count). The number of fused-ring (bicyclic) bond motifs is 1. The number of rotatable bonds is 2. The van der Waals surface area contributed by atoms with Gasteiger partial charge in [-0.1, -0.05) is 34.1 Å². The zero-order chi connectivity index (χ0) is 14.8. The largest absolute Gasteiger partial charge is 0.320 e. The fourth-order valence-corrected chi connectivity index (χ4v) is 2.40. The van der Waals surface area contributed by atoms with Crippen molar-refractivity contribution in [3.8, 4) is 0 Å². The lowest BCUT2D eigenvalue weighted by molar-refractivity contribution is 0.102. The van der Waals surface area contributed by atoms with Crippen LogP contribution in [0.5, 0.6) is 0 Å². The molecule has 1 heterocycles. The Balaban J connectivity index is 1.97. The van der Waals surface area contributed by atoms with Crippen LogP contribution in [0.1, 0.15) is 10.4 Å². The van der Waals surface area contributed by atoms with Crippen molar-refractivity contribution in [1.29, 1.82) is 0 Å². The summed E-state index contributed by atoms with van der Waals surface area (Å²) in [6.45, 7) is 0. The fraction of sp³-hybridized carbons (Fsp3) is 0. The maximum atomic E-state index is 13.8. The van der Waals surface area contributed by atoms with Crippen LogP contribution in [0.25, 0.3) is 10.9 Å². The highest BCUT2D eigenvalue weighted by molar-refractivity contribution is 9.10. The summed E-state index contributed by atoms with van der Waals surface area (Å²) in [5.41, 5.74) is 1.22. The number of amides is 1. The van der Waals surface area contributed by atoms with Crippen molar-refractivity contribution in [3.05, 3.63) is 70.6 Å². The number of para-hydroxylation sites is 1. The van der Waals surface area contributed by atoms with Crippen LogP contribution in [0.3, 0.4) is 0 Å². The van der Waals surface area contributed by atoms with E-state index in [0.717, 1.165) is 5.39 Å². The second-order valence-corrected chi connectivity index (χ2v) is 5.37. The van der Waals surface area contributed by atoms with Gasteiger partial charge >= 0.3 is 0 Å². The van der Waals surface area contributed by atoms with Gasteiger partial charge in [0.2, 0.25) is 0 Å². The molecule has 0 saturated heterocycles. The molecule has 0 aliphatic rings. The molecule has 5 heteroatoms. The molecule has 0 fully saturated rings. The molecule has 1 N–H and O–H groups in total.